The molecule has 0 aromatic carbocycles. The van der Waals surface area contributed by atoms with Gasteiger partial charge < -0.3 is 19.7 Å². The second-order valence-electron chi connectivity index (χ2n) is 8.39. The van der Waals surface area contributed by atoms with E-state index in [9.17, 15) is 9.59 Å². The highest BCUT2D eigenvalue weighted by Crippen LogP contribution is 2.31. The van der Waals surface area contributed by atoms with Crippen molar-refractivity contribution in [3.8, 4) is 0 Å². The number of anilines is 1. The van der Waals surface area contributed by atoms with E-state index in [2.05, 4.69) is 10.3 Å². The van der Waals surface area contributed by atoms with Crippen molar-refractivity contribution in [3.05, 3.63) is 23.4 Å². The number of nitrogens with one attached hydrogen (secondary N) is 1. The van der Waals surface area contributed by atoms with Crippen LogP contribution in [0.2, 0.25) is 0 Å². The molecule has 2 aliphatic rings. The zero-order valence-electron chi connectivity index (χ0n) is 16.6. The summed E-state index contributed by atoms with van der Waals surface area (Å²) in [5.74, 6) is 0.920. The van der Waals surface area contributed by atoms with Gasteiger partial charge in [0.1, 0.15) is 11.4 Å². The van der Waals surface area contributed by atoms with Crippen LogP contribution in [0.3, 0.4) is 0 Å². The average molecular weight is 375 g/mol. The van der Waals surface area contributed by atoms with Crippen LogP contribution in [-0.2, 0) is 20.8 Å². The molecule has 1 aromatic heterocycles. The van der Waals surface area contributed by atoms with Crippen molar-refractivity contribution in [2.45, 2.75) is 58.1 Å². The number of hydrogen-bond acceptors (Lipinski definition) is 5. The number of aromatic nitrogens is 1. The first-order valence-electron chi connectivity index (χ1n) is 9.55. The lowest BCUT2D eigenvalue weighted by molar-refractivity contribution is -0.117. The zero-order chi connectivity index (χ0) is 19.6. The lowest BCUT2D eigenvalue weighted by Crippen LogP contribution is -2.34. The van der Waals surface area contributed by atoms with Gasteiger partial charge in [0.25, 0.3) is 0 Å². The number of amides is 2. The van der Waals surface area contributed by atoms with Gasteiger partial charge in [0.2, 0.25) is 5.91 Å². The van der Waals surface area contributed by atoms with Gasteiger partial charge in [-0.1, -0.05) is 6.07 Å². The highest BCUT2D eigenvalue weighted by molar-refractivity contribution is 5.93. The average Bonchev–Trinajstić information content (AvgIpc) is 3.29. The fraction of sp³-hybridized carbons (Fsp3) is 0.650. The third kappa shape index (κ3) is 5.42. The summed E-state index contributed by atoms with van der Waals surface area (Å²) in [6, 6.07) is 3.83. The van der Waals surface area contributed by atoms with Crippen molar-refractivity contribution in [1.82, 2.24) is 9.88 Å². The molecule has 0 bridgehead atoms. The lowest BCUT2D eigenvalue weighted by Gasteiger charge is -2.25. The van der Waals surface area contributed by atoms with Gasteiger partial charge >= 0.3 is 6.09 Å². The molecule has 2 fully saturated rings. The maximum absolute atomic E-state index is 12.3. The summed E-state index contributed by atoms with van der Waals surface area (Å²) in [5.41, 5.74) is 1.28. The molecule has 148 valence electrons. The van der Waals surface area contributed by atoms with E-state index in [0.29, 0.717) is 19.0 Å². The Kier molecular flexibility index (Phi) is 5.69. The van der Waals surface area contributed by atoms with E-state index in [1.807, 2.05) is 32.9 Å². The van der Waals surface area contributed by atoms with Crippen LogP contribution in [0.1, 0.15) is 57.2 Å². The third-order valence-corrected chi connectivity index (χ3v) is 4.67. The smallest absolute Gasteiger partial charge is 0.410 e. The molecular formula is C20H29N3O4. The minimum Gasteiger partial charge on any atom is -0.444 e. The predicted octanol–water partition coefficient (Wildman–Crippen LogP) is 3.30. The number of pyridine rings is 1. The Morgan fingerprint density at radius 2 is 2.04 bits per heavy atom. The second-order valence-corrected chi connectivity index (χ2v) is 8.39. The molecule has 1 N–H and O–H groups in total. The summed E-state index contributed by atoms with van der Waals surface area (Å²) >= 11 is 0. The van der Waals surface area contributed by atoms with Crippen molar-refractivity contribution in [2.24, 2.45) is 5.92 Å². The van der Waals surface area contributed by atoms with Gasteiger partial charge in [-0.15, -0.1) is 0 Å². The number of rotatable bonds is 5. The number of ether oxygens (including phenoxy) is 2. The number of carbonyl (C=O) groups excluding carboxylic acids is 2. The Morgan fingerprint density at radius 3 is 2.63 bits per heavy atom. The highest BCUT2D eigenvalue weighted by Gasteiger charge is 2.30. The number of carbonyl (C=O) groups is 2. The fourth-order valence-corrected chi connectivity index (χ4v) is 3.06. The maximum atomic E-state index is 12.3. The minimum atomic E-state index is -0.555. The molecule has 2 amide bonds. The Hall–Kier alpha value is -2.15. The van der Waals surface area contributed by atoms with Gasteiger partial charge in [-0.3, -0.25) is 4.79 Å². The van der Waals surface area contributed by atoms with Crippen LogP contribution in [0.4, 0.5) is 10.6 Å². The van der Waals surface area contributed by atoms with E-state index in [1.54, 1.807) is 7.05 Å². The van der Waals surface area contributed by atoms with E-state index >= 15 is 0 Å². The van der Waals surface area contributed by atoms with Crippen LogP contribution in [0, 0.1) is 5.92 Å². The standard InChI is InChI=1S/C20H29N3O4/c1-20(2,3)27-19(25)23(4)11-16-15(14-9-10-26-12-14)7-8-17(21-16)22-18(24)13-5-6-13/h7-8,13-14H,5-6,9-12H2,1-4H3,(H,21,22,24). The quantitative estimate of drug-likeness (QED) is 0.854. The summed E-state index contributed by atoms with van der Waals surface area (Å²) in [6.07, 6.45) is 2.42. The summed E-state index contributed by atoms with van der Waals surface area (Å²) in [6.45, 7) is 7.21. The molecule has 0 radical (unpaired) electrons. The van der Waals surface area contributed by atoms with Crippen LogP contribution in [-0.4, -0.2) is 47.7 Å². The molecule has 1 aliphatic heterocycles. The fourth-order valence-electron chi connectivity index (χ4n) is 3.06. The molecule has 1 atom stereocenters. The zero-order valence-corrected chi connectivity index (χ0v) is 16.6. The van der Waals surface area contributed by atoms with E-state index in [1.165, 1.54) is 4.90 Å². The van der Waals surface area contributed by atoms with Gasteiger partial charge in [0.15, 0.2) is 0 Å². The molecule has 7 nitrogen and oxygen atoms in total. The first-order valence-corrected chi connectivity index (χ1v) is 9.55. The van der Waals surface area contributed by atoms with Crippen LogP contribution >= 0.6 is 0 Å². The van der Waals surface area contributed by atoms with Crippen molar-refractivity contribution < 1.29 is 19.1 Å². The first-order chi connectivity index (χ1) is 12.7. The number of hydrogen-bond donors (Lipinski definition) is 1. The molecule has 2 heterocycles. The molecule has 7 heteroatoms. The summed E-state index contributed by atoms with van der Waals surface area (Å²) in [5, 5.41) is 2.89. The Morgan fingerprint density at radius 1 is 1.30 bits per heavy atom. The third-order valence-electron chi connectivity index (χ3n) is 4.67. The molecule has 0 spiro atoms. The Bertz CT molecular complexity index is 704. The first kappa shape index (κ1) is 19.6. The van der Waals surface area contributed by atoms with Crippen molar-refractivity contribution >= 4 is 17.8 Å². The van der Waals surface area contributed by atoms with E-state index < -0.39 is 11.7 Å². The van der Waals surface area contributed by atoms with Gasteiger partial charge in [-0.25, -0.2) is 9.78 Å². The van der Waals surface area contributed by atoms with Gasteiger partial charge in [-0.05, 0) is 51.7 Å². The monoisotopic (exact) mass is 375 g/mol. The molecule has 3 rings (SSSR count). The van der Waals surface area contributed by atoms with Gasteiger partial charge in [-0.2, -0.15) is 0 Å². The van der Waals surface area contributed by atoms with E-state index in [0.717, 1.165) is 37.1 Å². The molecule has 1 saturated carbocycles. The molecule has 1 aromatic rings. The van der Waals surface area contributed by atoms with Crippen molar-refractivity contribution in [3.63, 3.8) is 0 Å². The SMILES string of the molecule is CN(Cc1nc(NC(=O)C2CC2)ccc1C1CCOC1)C(=O)OC(C)(C)C. The Balaban J connectivity index is 1.78. The summed E-state index contributed by atoms with van der Waals surface area (Å²) in [7, 11) is 1.69. The molecule has 1 unspecified atom stereocenters. The summed E-state index contributed by atoms with van der Waals surface area (Å²) < 4.78 is 11.0. The van der Waals surface area contributed by atoms with E-state index in [4.69, 9.17) is 9.47 Å². The van der Waals surface area contributed by atoms with Crippen molar-refractivity contribution in [1.29, 1.82) is 0 Å². The largest absolute Gasteiger partial charge is 0.444 e. The number of nitrogens with zero attached hydrogens (tertiary/aromatic N) is 2. The molecule has 1 aliphatic carbocycles. The topological polar surface area (TPSA) is 80.8 Å². The van der Waals surface area contributed by atoms with Crippen molar-refractivity contribution in [2.75, 3.05) is 25.6 Å². The van der Waals surface area contributed by atoms with Gasteiger partial charge in [0, 0.05) is 25.5 Å². The van der Waals surface area contributed by atoms with Crippen LogP contribution < -0.4 is 5.32 Å². The molecule has 1 saturated heterocycles. The highest BCUT2D eigenvalue weighted by atomic mass is 16.6. The maximum Gasteiger partial charge on any atom is 0.410 e. The molecule has 27 heavy (non-hydrogen) atoms. The minimum absolute atomic E-state index is 0.0193. The van der Waals surface area contributed by atoms with E-state index in [-0.39, 0.29) is 17.7 Å². The van der Waals surface area contributed by atoms with Gasteiger partial charge in [0.05, 0.1) is 18.8 Å². The lowest BCUT2D eigenvalue weighted by atomic mass is 9.96. The second kappa shape index (κ2) is 7.84. The van der Waals surface area contributed by atoms with Crippen LogP contribution in [0.5, 0.6) is 0 Å². The Labute approximate surface area is 160 Å². The predicted molar refractivity (Wildman–Crippen MR) is 101 cm³/mol. The van der Waals surface area contributed by atoms with Crippen LogP contribution in [0.15, 0.2) is 12.1 Å². The normalized spacial score (nSPS) is 19.6. The molecular weight excluding hydrogens is 346 g/mol. The summed E-state index contributed by atoms with van der Waals surface area (Å²) in [4.78, 5) is 30.6. The van der Waals surface area contributed by atoms with Crippen LogP contribution in [0.25, 0.3) is 0 Å².